The summed E-state index contributed by atoms with van der Waals surface area (Å²) in [4.78, 5) is 26.2. The minimum Gasteiger partial charge on any atom is -0.369 e. The Morgan fingerprint density at radius 1 is 1.41 bits per heavy atom. The van der Waals surface area contributed by atoms with Crippen LogP contribution in [0.5, 0.6) is 0 Å². The molecule has 0 spiro atoms. The van der Waals surface area contributed by atoms with Crippen LogP contribution in [0.25, 0.3) is 11.2 Å². The van der Waals surface area contributed by atoms with Crippen LogP contribution >= 0.6 is 0 Å². The smallest absolute Gasteiger partial charge is 0.230 e. The molecule has 0 saturated carbocycles. The lowest BCUT2D eigenvalue weighted by Gasteiger charge is -2.06. The Morgan fingerprint density at radius 2 is 2.27 bits per heavy atom. The molecule has 8 heteroatoms. The Bertz CT molecular complexity index is 894. The highest BCUT2D eigenvalue weighted by Gasteiger charge is 2.10. The first kappa shape index (κ1) is 13.5. The molecule has 0 aliphatic rings. The molecule has 0 unspecified atom stereocenters. The van der Waals surface area contributed by atoms with Gasteiger partial charge in [-0.2, -0.15) is 15.2 Å². The number of rotatable bonds is 4. The molecule has 3 rings (SSSR count). The lowest BCUT2D eigenvalue weighted by molar-refractivity contribution is -0.117. The van der Waals surface area contributed by atoms with Crippen molar-refractivity contribution in [2.75, 3.05) is 5.32 Å². The zero-order valence-corrected chi connectivity index (χ0v) is 11.4. The number of amides is 1. The average Bonchev–Trinajstić information content (AvgIpc) is 2.94. The van der Waals surface area contributed by atoms with Gasteiger partial charge in [0.25, 0.3) is 0 Å². The number of carbonyl (C=O) groups excluding carboxylic acids is 1. The van der Waals surface area contributed by atoms with Crippen LogP contribution < -0.4 is 11.1 Å². The van der Waals surface area contributed by atoms with Gasteiger partial charge in [-0.25, -0.2) is 4.98 Å². The number of hydrogen-bond donors (Lipinski definition) is 3. The molecule has 108 valence electrons. The third-order valence-electron chi connectivity index (χ3n) is 2.95. The summed E-state index contributed by atoms with van der Waals surface area (Å²) in [7, 11) is 0. The van der Waals surface area contributed by atoms with E-state index in [1.165, 1.54) is 6.33 Å². The molecule has 0 bridgehead atoms. The van der Waals surface area contributed by atoms with Gasteiger partial charge in [0, 0.05) is 5.69 Å². The van der Waals surface area contributed by atoms with Gasteiger partial charge in [0.15, 0.2) is 11.3 Å². The van der Waals surface area contributed by atoms with Gasteiger partial charge in [0.1, 0.15) is 11.6 Å². The van der Waals surface area contributed by atoms with E-state index in [0.717, 1.165) is 5.56 Å². The number of benzene rings is 1. The van der Waals surface area contributed by atoms with Gasteiger partial charge < -0.3 is 16.0 Å². The topological polar surface area (TPSA) is 133 Å². The number of imidazole rings is 1. The molecular formula is C14H11N7O. The number of aromatic nitrogens is 4. The van der Waals surface area contributed by atoms with Crippen molar-refractivity contribution in [3.8, 4) is 6.07 Å². The second-order valence-corrected chi connectivity index (χ2v) is 4.58. The maximum Gasteiger partial charge on any atom is 0.230 e. The second kappa shape index (κ2) is 5.49. The number of nitrogens with zero attached hydrogens (tertiary/aromatic N) is 4. The number of nitrogens with one attached hydrogen (secondary N) is 2. The number of carbonyl (C=O) groups is 1. The van der Waals surface area contributed by atoms with Crippen molar-refractivity contribution in [1.82, 2.24) is 19.9 Å². The van der Waals surface area contributed by atoms with Crippen LogP contribution in [-0.2, 0) is 11.2 Å². The predicted octanol–water partition coefficient (Wildman–Crippen LogP) is 0.996. The summed E-state index contributed by atoms with van der Waals surface area (Å²) in [6.07, 6.45) is 1.61. The molecule has 0 saturated heterocycles. The van der Waals surface area contributed by atoms with E-state index in [4.69, 9.17) is 11.0 Å². The standard InChI is InChI=1S/C14H11N7O/c15-6-10-12-13(18-7-17-12)21-14(20-10)19-9-3-1-2-8(4-9)5-11(16)22/h1-4,7H,5H2,(H2,16,22)(H2,17,18,19,20,21). The Labute approximate surface area is 125 Å². The number of aromatic amines is 1. The molecule has 0 aliphatic heterocycles. The van der Waals surface area contributed by atoms with E-state index in [1.54, 1.807) is 24.3 Å². The fraction of sp³-hybridized carbons (Fsp3) is 0.0714. The van der Waals surface area contributed by atoms with Crippen LogP contribution in [0, 0.1) is 11.3 Å². The lowest BCUT2D eigenvalue weighted by Crippen LogP contribution is -2.13. The fourth-order valence-corrected chi connectivity index (χ4v) is 2.06. The third-order valence-corrected chi connectivity index (χ3v) is 2.95. The van der Waals surface area contributed by atoms with E-state index < -0.39 is 5.91 Å². The molecular weight excluding hydrogens is 282 g/mol. The molecule has 2 heterocycles. The van der Waals surface area contributed by atoms with Crippen LogP contribution in [0.4, 0.5) is 11.6 Å². The summed E-state index contributed by atoms with van der Waals surface area (Å²) in [6, 6.07) is 9.16. The van der Waals surface area contributed by atoms with Crippen LogP contribution in [-0.4, -0.2) is 25.8 Å². The number of fused-ring (bicyclic) bond motifs is 1. The SMILES string of the molecule is N#Cc1nc(Nc2cccc(CC(N)=O)c2)nc2nc[nH]c12. The lowest BCUT2D eigenvalue weighted by atomic mass is 10.1. The number of nitrogens with two attached hydrogens (primary N) is 1. The Hall–Kier alpha value is -3.47. The summed E-state index contributed by atoms with van der Waals surface area (Å²) >= 11 is 0. The van der Waals surface area contributed by atoms with Gasteiger partial charge in [-0.1, -0.05) is 12.1 Å². The predicted molar refractivity (Wildman–Crippen MR) is 79.0 cm³/mol. The molecule has 1 aromatic carbocycles. The molecule has 0 fully saturated rings. The van der Waals surface area contributed by atoms with E-state index in [9.17, 15) is 4.79 Å². The first-order valence-electron chi connectivity index (χ1n) is 6.41. The summed E-state index contributed by atoms with van der Waals surface area (Å²) in [5.41, 5.74) is 7.76. The van der Waals surface area contributed by atoms with Crippen molar-refractivity contribution >= 4 is 28.7 Å². The molecule has 3 aromatic rings. The molecule has 4 N–H and O–H groups in total. The van der Waals surface area contributed by atoms with Crippen molar-refractivity contribution < 1.29 is 4.79 Å². The number of primary amides is 1. The zero-order valence-electron chi connectivity index (χ0n) is 11.4. The van der Waals surface area contributed by atoms with E-state index in [0.29, 0.717) is 16.9 Å². The normalized spacial score (nSPS) is 10.3. The van der Waals surface area contributed by atoms with Crippen LogP contribution in [0.2, 0.25) is 0 Å². The maximum absolute atomic E-state index is 11.0. The summed E-state index contributed by atoms with van der Waals surface area (Å²) in [6.45, 7) is 0. The van der Waals surface area contributed by atoms with Gasteiger partial charge in [0.2, 0.25) is 11.9 Å². The number of hydrogen-bond acceptors (Lipinski definition) is 6. The minimum atomic E-state index is -0.405. The molecule has 2 aromatic heterocycles. The van der Waals surface area contributed by atoms with Crippen molar-refractivity contribution in [3.05, 3.63) is 41.9 Å². The van der Waals surface area contributed by atoms with Crippen molar-refractivity contribution in [1.29, 1.82) is 5.26 Å². The molecule has 0 radical (unpaired) electrons. The Morgan fingerprint density at radius 3 is 3.05 bits per heavy atom. The zero-order chi connectivity index (χ0) is 15.5. The third kappa shape index (κ3) is 2.69. The molecule has 8 nitrogen and oxygen atoms in total. The van der Waals surface area contributed by atoms with Crippen molar-refractivity contribution in [2.24, 2.45) is 5.73 Å². The summed E-state index contributed by atoms with van der Waals surface area (Å²) in [5, 5.41) is 12.1. The quantitative estimate of drug-likeness (QED) is 0.657. The van der Waals surface area contributed by atoms with Crippen LogP contribution in [0.3, 0.4) is 0 Å². The molecule has 1 amide bonds. The van der Waals surface area contributed by atoms with Gasteiger partial charge in [-0.3, -0.25) is 4.79 Å². The highest BCUT2D eigenvalue weighted by Crippen LogP contribution is 2.18. The summed E-state index contributed by atoms with van der Waals surface area (Å²) < 4.78 is 0. The largest absolute Gasteiger partial charge is 0.369 e. The van der Waals surface area contributed by atoms with Crippen molar-refractivity contribution in [3.63, 3.8) is 0 Å². The number of H-pyrrole nitrogens is 1. The van der Waals surface area contributed by atoms with Gasteiger partial charge >= 0.3 is 0 Å². The Kier molecular flexibility index (Phi) is 3.37. The highest BCUT2D eigenvalue weighted by atomic mass is 16.1. The van der Waals surface area contributed by atoms with Crippen LogP contribution in [0.15, 0.2) is 30.6 Å². The van der Waals surface area contributed by atoms with E-state index in [1.807, 2.05) is 6.07 Å². The van der Waals surface area contributed by atoms with Crippen LogP contribution in [0.1, 0.15) is 11.3 Å². The van der Waals surface area contributed by atoms with E-state index >= 15 is 0 Å². The summed E-state index contributed by atoms with van der Waals surface area (Å²) in [5.74, 6) is -0.148. The molecule has 0 atom stereocenters. The molecule has 22 heavy (non-hydrogen) atoms. The van der Waals surface area contributed by atoms with E-state index in [2.05, 4.69) is 25.3 Å². The number of nitriles is 1. The highest BCUT2D eigenvalue weighted by molar-refractivity contribution is 5.78. The first-order valence-corrected chi connectivity index (χ1v) is 6.41. The van der Waals surface area contributed by atoms with E-state index in [-0.39, 0.29) is 18.1 Å². The van der Waals surface area contributed by atoms with Gasteiger partial charge in [0.05, 0.1) is 12.7 Å². The Balaban J connectivity index is 1.93. The van der Waals surface area contributed by atoms with Gasteiger partial charge in [-0.15, -0.1) is 0 Å². The van der Waals surface area contributed by atoms with Gasteiger partial charge in [-0.05, 0) is 17.7 Å². The first-order chi connectivity index (χ1) is 10.7. The molecule has 0 aliphatic carbocycles. The fourth-order valence-electron chi connectivity index (χ4n) is 2.06. The minimum absolute atomic E-state index is 0.151. The van der Waals surface area contributed by atoms with Crippen molar-refractivity contribution in [2.45, 2.75) is 6.42 Å². The second-order valence-electron chi connectivity index (χ2n) is 4.58. The monoisotopic (exact) mass is 293 g/mol. The average molecular weight is 293 g/mol. The maximum atomic E-state index is 11.0. The number of anilines is 2.